The lowest BCUT2D eigenvalue weighted by atomic mass is 10.1. The summed E-state index contributed by atoms with van der Waals surface area (Å²) in [5, 5.41) is 4.07. The van der Waals surface area contributed by atoms with E-state index in [1.807, 2.05) is 4.90 Å². The number of piperazine rings is 1. The first-order chi connectivity index (χ1) is 13.0. The molecule has 2 fully saturated rings. The smallest absolute Gasteiger partial charge is 0.225 e. The van der Waals surface area contributed by atoms with Crippen LogP contribution in [-0.2, 0) is 16.0 Å². The maximum Gasteiger partial charge on any atom is 0.225 e. The van der Waals surface area contributed by atoms with E-state index in [9.17, 15) is 9.59 Å². The topological polar surface area (TPSA) is 52.7 Å². The van der Waals surface area contributed by atoms with E-state index in [2.05, 4.69) is 10.2 Å². The van der Waals surface area contributed by atoms with Crippen LogP contribution < -0.4 is 5.32 Å². The van der Waals surface area contributed by atoms with Crippen LogP contribution in [0.1, 0.15) is 31.2 Å². The van der Waals surface area contributed by atoms with Gasteiger partial charge in [-0.2, -0.15) is 0 Å². The minimum Gasteiger partial charge on any atom is -0.355 e. The lowest BCUT2D eigenvalue weighted by Gasteiger charge is -2.36. The van der Waals surface area contributed by atoms with Gasteiger partial charge in [-0.3, -0.25) is 14.5 Å². The summed E-state index contributed by atoms with van der Waals surface area (Å²) in [4.78, 5) is 28.9. The summed E-state index contributed by atoms with van der Waals surface area (Å²) >= 11 is 12.1. The van der Waals surface area contributed by atoms with Gasteiger partial charge in [-0.25, -0.2) is 0 Å². The van der Waals surface area contributed by atoms with Gasteiger partial charge in [0.1, 0.15) is 0 Å². The van der Waals surface area contributed by atoms with E-state index in [4.69, 9.17) is 23.2 Å². The molecule has 1 aromatic rings. The van der Waals surface area contributed by atoms with E-state index in [-0.39, 0.29) is 18.2 Å². The second-order valence-corrected chi connectivity index (χ2v) is 8.25. The first-order valence-corrected chi connectivity index (χ1v) is 10.5. The largest absolute Gasteiger partial charge is 0.355 e. The van der Waals surface area contributed by atoms with Crippen molar-refractivity contribution in [1.82, 2.24) is 15.1 Å². The van der Waals surface area contributed by atoms with Crippen LogP contribution >= 0.6 is 23.2 Å². The molecular weight excluding hydrogens is 385 g/mol. The lowest BCUT2D eigenvalue weighted by Crippen LogP contribution is -2.51. The van der Waals surface area contributed by atoms with Crippen LogP contribution in [0.15, 0.2) is 18.2 Å². The fraction of sp³-hybridized carbons (Fsp3) is 0.600. The van der Waals surface area contributed by atoms with Gasteiger partial charge in [0.15, 0.2) is 0 Å². The monoisotopic (exact) mass is 411 g/mol. The van der Waals surface area contributed by atoms with Crippen LogP contribution in [-0.4, -0.2) is 60.9 Å². The molecule has 1 aliphatic carbocycles. The van der Waals surface area contributed by atoms with Crippen LogP contribution in [0.2, 0.25) is 10.0 Å². The van der Waals surface area contributed by atoms with E-state index in [0.717, 1.165) is 51.1 Å². The molecule has 1 heterocycles. The third-order valence-corrected chi connectivity index (χ3v) is 6.10. The summed E-state index contributed by atoms with van der Waals surface area (Å²) in [6.45, 7) is 4.71. The molecule has 2 aliphatic rings. The van der Waals surface area contributed by atoms with Crippen molar-refractivity contribution >= 4 is 35.0 Å². The molecule has 1 aliphatic heterocycles. The molecule has 1 aromatic carbocycles. The Morgan fingerprint density at radius 1 is 1.07 bits per heavy atom. The van der Waals surface area contributed by atoms with Crippen molar-refractivity contribution in [3.63, 3.8) is 0 Å². The number of hydrogen-bond donors (Lipinski definition) is 1. The molecule has 0 unspecified atom stereocenters. The summed E-state index contributed by atoms with van der Waals surface area (Å²) in [7, 11) is 0. The maximum atomic E-state index is 12.5. The lowest BCUT2D eigenvalue weighted by molar-refractivity contribution is -0.137. The SMILES string of the molecule is O=C(Cc1cc(Cl)ccc1Cl)NCCN1CCN(C(=O)C2CCCC2)CC1. The number of nitrogens with one attached hydrogen (secondary N) is 1. The quantitative estimate of drug-likeness (QED) is 0.782. The zero-order valence-corrected chi connectivity index (χ0v) is 17.1. The normalized spacial score (nSPS) is 18.7. The number of carbonyl (C=O) groups is 2. The summed E-state index contributed by atoms with van der Waals surface area (Å²) in [6, 6.07) is 5.14. The average molecular weight is 412 g/mol. The Balaban J connectivity index is 1.34. The molecule has 5 nitrogen and oxygen atoms in total. The van der Waals surface area contributed by atoms with Crippen LogP contribution in [0.4, 0.5) is 0 Å². The van der Waals surface area contributed by atoms with Crippen molar-refractivity contribution in [2.45, 2.75) is 32.1 Å². The molecule has 3 rings (SSSR count). The average Bonchev–Trinajstić information content (AvgIpc) is 3.19. The highest BCUT2D eigenvalue weighted by molar-refractivity contribution is 6.33. The third kappa shape index (κ3) is 5.84. The molecular formula is C20H27Cl2N3O2. The Hall–Kier alpha value is -1.30. The van der Waals surface area contributed by atoms with Gasteiger partial charge >= 0.3 is 0 Å². The molecule has 148 valence electrons. The zero-order chi connectivity index (χ0) is 19.2. The van der Waals surface area contributed by atoms with Crippen molar-refractivity contribution < 1.29 is 9.59 Å². The molecule has 1 saturated heterocycles. The maximum absolute atomic E-state index is 12.5. The molecule has 2 amide bonds. The number of hydrogen-bond acceptors (Lipinski definition) is 3. The first kappa shape index (κ1) is 20.4. The molecule has 27 heavy (non-hydrogen) atoms. The van der Waals surface area contributed by atoms with E-state index in [0.29, 0.717) is 22.5 Å². The molecule has 7 heteroatoms. The van der Waals surface area contributed by atoms with Crippen LogP contribution in [0.3, 0.4) is 0 Å². The van der Waals surface area contributed by atoms with Crippen molar-refractivity contribution in [2.24, 2.45) is 5.92 Å². The number of halogens is 2. The minimum absolute atomic E-state index is 0.0609. The second kappa shape index (κ2) is 9.76. The standard InChI is InChI=1S/C20H27Cl2N3O2/c21-17-5-6-18(22)16(13-17)14-19(26)23-7-8-24-9-11-25(12-10-24)20(27)15-3-1-2-4-15/h5-6,13,15H,1-4,7-12,14H2,(H,23,26). The molecule has 1 N–H and O–H groups in total. The summed E-state index contributed by atoms with van der Waals surface area (Å²) in [5.41, 5.74) is 0.737. The number of amides is 2. The second-order valence-electron chi connectivity index (χ2n) is 7.41. The van der Waals surface area contributed by atoms with Crippen LogP contribution in [0.25, 0.3) is 0 Å². The highest BCUT2D eigenvalue weighted by Gasteiger charge is 2.29. The van der Waals surface area contributed by atoms with E-state index in [1.165, 1.54) is 12.8 Å². The van der Waals surface area contributed by atoms with E-state index >= 15 is 0 Å². The number of carbonyl (C=O) groups excluding carboxylic acids is 2. The van der Waals surface area contributed by atoms with Crippen LogP contribution in [0, 0.1) is 5.92 Å². The Bertz CT molecular complexity index is 669. The van der Waals surface area contributed by atoms with Gasteiger partial charge in [-0.1, -0.05) is 36.0 Å². The van der Waals surface area contributed by atoms with Gasteiger partial charge in [0.05, 0.1) is 6.42 Å². The van der Waals surface area contributed by atoms with Gasteiger partial charge in [-0.05, 0) is 36.6 Å². The minimum atomic E-state index is -0.0609. The summed E-state index contributed by atoms with van der Waals surface area (Å²) in [5.74, 6) is 0.544. The number of rotatable bonds is 6. The van der Waals surface area contributed by atoms with E-state index in [1.54, 1.807) is 18.2 Å². The Morgan fingerprint density at radius 3 is 2.48 bits per heavy atom. The summed E-state index contributed by atoms with van der Waals surface area (Å²) in [6.07, 6.45) is 4.72. The highest BCUT2D eigenvalue weighted by atomic mass is 35.5. The Morgan fingerprint density at radius 2 is 1.78 bits per heavy atom. The Kier molecular flexibility index (Phi) is 7.39. The predicted octanol–water partition coefficient (Wildman–Crippen LogP) is 2.99. The fourth-order valence-corrected chi connectivity index (χ4v) is 4.27. The molecule has 1 saturated carbocycles. The molecule has 0 radical (unpaired) electrons. The van der Waals surface area contributed by atoms with Gasteiger partial charge in [0.25, 0.3) is 0 Å². The molecule has 0 spiro atoms. The van der Waals surface area contributed by atoms with Gasteiger partial charge in [0.2, 0.25) is 11.8 Å². The van der Waals surface area contributed by atoms with Crippen LogP contribution in [0.5, 0.6) is 0 Å². The summed E-state index contributed by atoms with van der Waals surface area (Å²) < 4.78 is 0. The third-order valence-electron chi connectivity index (χ3n) is 5.50. The predicted molar refractivity (Wildman–Crippen MR) is 108 cm³/mol. The van der Waals surface area contributed by atoms with Gasteiger partial charge in [-0.15, -0.1) is 0 Å². The van der Waals surface area contributed by atoms with E-state index < -0.39 is 0 Å². The number of nitrogens with zero attached hydrogens (tertiary/aromatic N) is 2. The van der Waals surface area contributed by atoms with Gasteiger partial charge < -0.3 is 10.2 Å². The van der Waals surface area contributed by atoms with Crippen molar-refractivity contribution in [3.05, 3.63) is 33.8 Å². The first-order valence-electron chi connectivity index (χ1n) is 9.74. The van der Waals surface area contributed by atoms with Gasteiger partial charge in [0, 0.05) is 55.2 Å². The molecule has 0 bridgehead atoms. The molecule has 0 aromatic heterocycles. The molecule has 0 atom stereocenters. The van der Waals surface area contributed by atoms with Crippen molar-refractivity contribution in [1.29, 1.82) is 0 Å². The fourth-order valence-electron chi connectivity index (χ4n) is 3.89. The zero-order valence-electron chi connectivity index (χ0n) is 15.6. The Labute approximate surface area is 171 Å². The number of benzene rings is 1. The highest BCUT2D eigenvalue weighted by Crippen LogP contribution is 2.27. The van der Waals surface area contributed by atoms with Crippen molar-refractivity contribution in [2.75, 3.05) is 39.3 Å². The van der Waals surface area contributed by atoms with Crippen molar-refractivity contribution in [3.8, 4) is 0 Å².